The fourth-order valence-corrected chi connectivity index (χ4v) is 3.24. The van der Waals surface area contributed by atoms with E-state index in [4.69, 9.17) is 4.18 Å². The van der Waals surface area contributed by atoms with Gasteiger partial charge in [0, 0.05) is 0 Å². The third-order valence-corrected chi connectivity index (χ3v) is 4.81. The Balaban J connectivity index is 2.27. The summed E-state index contributed by atoms with van der Waals surface area (Å²) in [6, 6.07) is 8.87. The smallest absolute Gasteiger partial charge is 0.348 e. The number of rotatable bonds is 4. The Kier molecular flexibility index (Phi) is 3.87. The molecule has 0 saturated carbocycles. The van der Waals surface area contributed by atoms with Gasteiger partial charge in [-0.3, -0.25) is 0 Å². The molecule has 5 nitrogen and oxygen atoms in total. The minimum Gasteiger partial charge on any atom is -0.465 e. The van der Waals surface area contributed by atoms with E-state index in [-0.39, 0.29) is 15.5 Å². The van der Waals surface area contributed by atoms with E-state index in [0.717, 1.165) is 11.3 Å². The highest BCUT2D eigenvalue weighted by molar-refractivity contribution is 7.89. The van der Waals surface area contributed by atoms with Gasteiger partial charge in [-0.15, -0.1) is 11.3 Å². The van der Waals surface area contributed by atoms with Crippen molar-refractivity contribution in [3.8, 4) is 5.75 Å². The lowest BCUT2D eigenvalue weighted by Crippen LogP contribution is -2.09. The summed E-state index contributed by atoms with van der Waals surface area (Å²) in [7, 11) is -2.60. The fraction of sp³-hybridized carbons (Fsp3) is 0.0833. The van der Waals surface area contributed by atoms with Crippen LogP contribution in [0.4, 0.5) is 0 Å². The van der Waals surface area contributed by atoms with Gasteiger partial charge in [0.2, 0.25) is 0 Å². The first kappa shape index (κ1) is 13.6. The Morgan fingerprint density at radius 3 is 2.63 bits per heavy atom. The van der Waals surface area contributed by atoms with E-state index in [1.54, 1.807) is 11.4 Å². The third kappa shape index (κ3) is 3.12. The lowest BCUT2D eigenvalue weighted by molar-refractivity contribution is 0.0600. The van der Waals surface area contributed by atoms with Crippen LogP contribution < -0.4 is 4.18 Å². The van der Waals surface area contributed by atoms with Crippen LogP contribution >= 0.6 is 11.3 Å². The number of ether oxygens (including phenoxy) is 1. The van der Waals surface area contributed by atoms with E-state index < -0.39 is 16.1 Å². The first-order valence-corrected chi connectivity index (χ1v) is 7.48. The van der Waals surface area contributed by atoms with Crippen molar-refractivity contribution >= 4 is 27.4 Å². The van der Waals surface area contributed by atoms with Crippen molar-refractivity contribution in [3.63, 3.8) is 0 Å². The summed E-state index contributed by atoms with van der Waals surface area (Å²) in [5.41, 5.74) is 0.223. The van der Waals surface area contributed by atoms with E-state index in [9.17, 15) is 13.2 Å². The van der Waals surface area contributed by atoms with E-state index >= 15 is 0 Å². The maximum absolute atomic E-state index is 11.9. The molecule has 19 heavy (non-hydrogen) atoms. The van der Waals surface area contributed by atoms with Crippen LogP contribution in [-0.2, 0) is 14.9 Å². The van der Waals surface area contributed by atoms with E-state index in [1.807, 2.05) is 0 Å². The van der Waals surface area contributed by atoms with Crippen LogP contribution in [0.5, 0.6) is 5.75 Å². The SMILES string of the molecule is COC(=O)c1cccc(OS(=O)(=O)c2cccs2)c1. The van der Waals surface area contributed by atoms with Gasteiger partial charge in [-0.2, -0.15) is 8.42 Å². The second-order valence-electron chi connectivity index (χ2n) is 3.49. The number of esters is 1. The number of carbonyl (C=O) groups excluding carboxylic acids is 1. The number of hydrogen-bond donors (Lipinski definition) is 0. The van der Waals surface area contributed by atoms with E-state index in [0.29, 0.717) is 0 Å². The zero-order chi connectivity index (χ0) is 13.9. The highest BCUT2D eigenvalue weighted by Gasteiger charge is 2.18. The molecule has 1 aromatic carbocycles. The Morgan fingerprint density at radius 1 is 1.21 bits per heavy atom. The Morgan fingerprint density at radius 2 is 2.00 bits per heavy atom. The highest BCUT2D eigenvalue weighted by atomic mass is 32.3. The molecule has 1 heterocycles. The number of benzene rings is 1. The lowest BCUT2D eigenvalue weighted by atomic mass is 10.2. The molecule has 7 heteroatoms. The molecule has 0 saturated heterocycles. The maximum Gasteiger partial charge on any atom is 0.348 e. The van der Waals surface area contributed by atoms with Crippen LogP contribution in [0.15, 0.2) is 46.0 Å². The molecule has 0 aliphatic rings. The van der Waals surface area contributed by atoms with Gasteiger partial charge in [-0.05, 0) is 29.6 Å². The topological polar surface area (TPSA) is 69.7 Å². The predicted molar refractivity (Wildman–Crippen MR) is 69.9 cm³/mol. The molecule has 0 N–H and O–H groups in total. The minimum atomic E-state index is -3.85. The molecule has 0 bridgehead atoms. The van der Waals surface area contributed by atoms with Gasteiger partial charge in [0.1, 0.15) is 5.75 Å². The Bertz CT molecular complexity index is 674. The van der Waals surface area contributed by atoms with Crippen molar-refractivity contribution < 1.29 is 22.1 Å². The summed E-state index contributed by atoms with van der Waals surface area (Å²) in [4.78, 5) is 11.3. The van der Waals surface area contributed by atoms with Crippen molar-refractivity contribution in [1.82, 2.24) is 0 Å². The molecule has 2 rings (SSSR count). The Hall–Kier alpha value is -1.86. The third-order valence-electron chi connectivity index (χ3n) is 2.20. The van der Waals surface area contributed by atoms with Crippen molar-refractivity contribution in [2.75, 3.05) is 7.11 Å². The Labute approximate surface area is 114 Å². The summed E-state index contributed by atoms with van der Waals surface area (Å²) < 4.78 is 33.4. The van der Waals surface area contributed by atoms with Crippen LogP contribution in [0.25, 0.3) is 0 Å². The van der Waals surface area contributed by atoms with Gasteiger partial charge in [-0.1, -0.05) is 12.1 Å². The number of thiophene rings is 1. The van der Waals surface area contributed by atoms with Crippen LogP contribution in [0, 0.1) is 0 Å². The summed E-state index contributed by atoms with van der Waals surface area (Å²) in [5.74, 6) is -0.490. The van der Waals surface area contributed by atoms with E-state index in [1.165, 1.54) is 37.4 Å². The van der Waals surface area contributed by atoms with Crippen LogP contribution in [0.1, 0.15) is 10.4 Å². The average molecular weight is 298 g/mol. The van der Waals surface area contributed by atoms with Crippen molar-refractivity contribution in [1.29, 1.82) is 0 Å². The summed E-state index contributed by atoms with van der Waals surface area (Å²) >= 11 is 1.06. The minimum absolute atomic E-state index is 0.0660. The molecular weight excluding hydrogens is 288 g/mol. The number of carbonyl (C=O) groups is 1. The van der Waals surface area contributed by atoms with Gasteiger partial charge < -0.3 is 8.92 Å². The van der Waals surface area contributed by atoms with Gasteiger partial charge in [0.25, 0.3) is 0 Å². The van der Waals surface area contributed by atoms with Crippen molar-refractivity contribution in [2.45, 2.75) is 4.21 Å². The summed E-state index contributed by atoms with van der Waals surface area (Å²) in [6.45, 7) is 0. The number of methoxy groups -OCH3 is 1. The first-order chi connectivity index (χ1) is 9.03. The molecule has 0 radical (unpaired) electrons. The lowest BCUT2D eigenvalue weighted by Gasteiger charge is -2.06. The maximum atomic E-state index is 11.9. The second kappa shape index (κ2) is 5.41. The monoisotopic (exact) mass is 298 g/mol. The molecule has 0 spiro atoms. The normalized spacial score (nSPS) is 11.0. The summed E-state index contributed by atoms with van der Waals surface area (Å²) in [5, 5.41) is 1.64. The largest absolute Gasteiger partial charge is 0.465 e. The molecule has 0 atom stereocenters. The molecule has 1 aromatic heterocycles. The quantitative estimate of drug-likeness (QED) is 0.640. The first-order valence-electron chi connectivity index (χ1n) is 5.19. The van der Waals surface area contributed by atoms with Crippen molar-refractivity contribution in [3.05, 3.63) is 47.3 Å². The standard InChI is InChI=1S/C12H10O5S2/c1-16-12(13)9-4-2-5-10(8-9)17-19(14,15)11-6-3-7-18-11/h2-8H,1H3. The fourth-order valence-electron chi connectivity index (χ4n) is 1.37. The molecule has 0 aliphatic heterocycles. The van der Waals surface area contributed by atoms with E-state index in [2.05, 4.69) is 4.74 Å². The van der Waals surface area contributed by atoms with Gasteiger partial charge >= 0.3 is 16.1 Å². The van der Waals surface area contributed by atoms with Gasteiger partial charge in [-0.25, -0.2) is 4.79 Å². The van der Waals surface area contributed by atoms with Crippen LogP contribution in [0.3, 0.4) is 0 Å². The molecular formula is C12H10O5S2. The molecule has 0 amide bonds. The highest BCUT2D eigenvalue weighted by Crippen LogP contribution is 2.22. The molecule has 0 fully saturated rings. The average Bonchev–Trinajstić information content (AvgIpc) is 2.92. The zero-order valence-corrected chi connectivity index (χ0v) is 11.5. The molecule has 100 valence electrons. The van der Waals surface area contributed by atoms with Gasteiger partial charge in [0.15, 0.2) is 4.21 Å². The van der Waals surface area contributed by atoms with Gasteiger partial charge in [0.05, 0.1) is 12.7 Å². The zero-order valence-electron chi connectivity index (χ0n) is 9.90. The predicted octanol–water partition coefficient (Wildman–Crippen LogP) is 2.30. The van der Waals surface area contributed by atoms with Crippen LogP contribution in [-0.4, -0.2) is 21.5 Å². The molecule has 2 aromatic rings. The second-order valence-corrected chi connectivity index (χ2v) is 6.21. The molecule has 0 aliphatic carbocycles. The van der Waals surface area contributed by atoms with Crippen molar-refractivity contribution in [2.24, 2.45) is 0 Å². The number of hydrogen-bond acceptors (Lipinski definition) is 6. The molecule has 0 unspecified atom stereocenters. The van der Waals surface area contributed by atoms with Crippen LogP contribution in [0.2, 0.25) is 0 Å². The summed E-state index contributed by atoms with van der Waals surface area (Å²) in [6.07, 6.45) is 0.